The summed E-state index contributed by atoms with van der Waals surface area (Å²) in [5.74, 6) is 0.132. The predicted molar refractivity (Wildman–Crippen MR) is 86.3 cm³/mol. The molecular formula is C17H24BrF2N. The highest BCUT2D eigenvalue weighted by Crippen LogP contribution is 2.35. The molecule has 4 heteroatoms. The van der Waals surface area contributed by atoms with Crippen LogP contribution in [-0.4, -0.2) is 13.1 Å². The molecule has 0 bridgehead atoms. The molecule has 3 atom stereocenters. The van der Waals surface area contributed by atoms with Crippen molar-refractivity contribution >= 4 is 15.9 Å². The fourth-order valence-electron chi connectivity index (χ4n) is 3.66. The van der Waals surface area contributed by atoms with Crippen LogP contribution in [-0.2, 0) is 6.42 Å². The first-order chi connectivity index (χ1) is 10.1. The Kier molecular flexibility index (Phi) is 6.18. The molecule has 0 heterocycles. The van der Waals surface area contributed by atoms with Crippen molar-refractivity contribution in [2.24, 2.45) is 11.8 Å². The molecule has 2 rings (SSSR count). The van der Waals surface area contributed by atoms with Gasteiger partial charge in [0.05, 0.1) is 4.47 Å². The van der Waals surface area contributed by atoms with E-state index in [0.717, 1.165) is 12.8 Å². The van der Waals surface area contributed by atoms with E-state index in [0.29, 0.717) is 28.8 Å². The number of hydrogen-bond acceptors (Lipinski definition) is 1. The highest BCUT2D eigenvalue weighted by Gasteiger charge is 2.30. The minimum Gasteiger partial charge on any atom is -0.317 e. The maximum atomic E-state index is 14.2. The number of benzene rings is 1. The largest absolute Gasteiger partial charge is 0.317 e. The highest BCUT2D eigenvalue weighted by molar-refractivity contribution is 9.10. The van der Waals surface area contributed by atoms with E-state index in [2.05, 4.69) is 28.2 Å². The molecule has 0 aromatic heterocycles. The van der Waals surface area contributed by atoms with Gasteiger partial charge in [0.1, 0.15) is 11.6 Å². The van der Waals surface area contributed by atoms with Gasteiger partial charge in [-0.3, -0.25) is 0 Å². The molecule has 1 saturated carbocycles. The number of hydrogen-bond donors (Lipinski definition) is 1. The lowest BCUT2D eigenvalue weighted by molar-refractivity contribution is 0.198. The molecule has 1 aliphatic rings. The third kappa shape index (κ3) is 4.04. The number of halogens is 3. The maximum Gasteiger partial charge on any atom is 0.143 e. The van der Waals surface area contributed by atoms with Crippen LogP contribution in [0, 0.1) is 23.5 Å². The summed E-state index contributed by atoms with van der Waals surface area (Å²) in [5, 5.41) is 3.33. The summed E-state index contributed by atoms with van der Waals surface area (Å²) in [5.41, 5.74) is 0.228. The molecule has 21 heavy (non-hydrogen) atoms. The molecule has 0 spiro atoms. The fourth-order valence-corrected chi connectivity index (χ4v) is 4.03. The van der Waals surface area contributed by atoms with E-state index in [1.807, 2.05) is 7.05 Å². The Morgan fingerprint density at radius 1 is 1.29 bits per heavy atom. The van der Waals surface area contributed by atoms with Crippen molar-refractivity contribution < 1.29 is 8.78 Å². The molecule has 0 aliphatic heterocycles. The van der Waals surface area contributed by atoms with E-state index < -0.39 is 11.6 Å². The minimum atomic E-state index is -0.442. The van der Waals surface area contributed by atoms with Gasteiger partial charge in [0.2, 0.25) is 0 Å². The van der Waals surface area contributed by atoms with Crippen LogP contribution in [0.25, 0.3) is 0 Å². The van der Waals surface area contributed by atoms with Gasteiger partial charge in [-0.25, -0.2) is 8.78 Å². The van der Waals surface area contributed by atoms with E-state index in [1.54, 1.807) is 0 Å². The van der Waals surface area contributed by atoms with Gasteiger partial charge in [0, 0.05) is 11.6 Å². The van der Waals surface area contributed by atoms with Crippen molar-refractivity contribution in [3.8, 4) is 0 Å². The second-order valence-corrected chi connectivity index (χ2v) is 7.00. The van der Waals surface area contributed by atoms with Crippen LogP contribution in [0.2, 0.25) is 0 Å². The topological polar surface area (TPSA) is 12.0 Å². The average Bonchev–Trinajstić information content (AvgIpc) is 2.48. The van der Waals surface area contributed by atoms with Gasteiger partial charge >= 0.3 is 0 Å². The summed E-state index contributed by atoms with van der Waals surface area (Å²) < 4.78 is 28.5. The van der Waals surface area contributed by atoms with E-state index in [1.165, 1.54) is 31.4 Å². The number of nitrogens with one attached hydrogen (secondary N) is 1. The van der Waals surface area contributed by atoms with Crippen molar-refractivity contribution in [3.63, 3.8) is 0 Å². The second kappa shape index (κ2) is 7.68. The molecule has 0 saturated heterocycles. The van der Waals surface area contributed by atoms with Gasteiger partial charge in [-0.1, -0.05) is 19.8 Å². The van der Waals surface area contributed by atoms with E-state index >= 15 is 0 Å². The fraction of sp³-hybridized carbons (Fsp3) is 0.647. The summed E-state index contributed by atoms with van der Waals surface area (Å²) in [6, 6.07) is 3.14. The lowest BCUT2D eigenvalue weighted by atomic mass is 9.74. The monoisotopic (exact) mass is 359 g/mol. The van der Waals surface area contributed by atoms with Gasteiger partial charge in [0.15, 0.2) is 0 Å². The van der Waals surface area contributed by atoms with Crippen LogP contribution in [0.3, 0.4) is 0 Å². The van der Waals surface area contributed by atoms with Crippen LogP contribution in [0.1, 0.15) is 44.6 Å². The lowest BCUT2D eigenvalue weighted by Crippen LogP contribution is -2.40. The summed E-state index contributed by atoms with van der Waals surface area (Å²) in [6.45, 7) is 2.20. The van der Waals surface area contributed by atoms with Gasteiger partial charge in [-0.2, -0.15) is 0 Å². The standard InChI is InChI=1S/C17H24BrF2N/c1-3-4-11-5-8-16(21-2)12(9-11)10-13-15(19)7-6-14(18)17(13)20/h6-7,11-12,16,21H,3-5,8-10H2,1-2H3. The van der Waals surface area contributed by atoms with Crippen molar-refractivity contribution in [3.05, 3.63) is 33.8 Å². The normalized spacial score (nSPS) is 26.0. The summed E-state index contributed by atoms with van der Waals surface area (Å²) in [6.07, 6.45) is 6.26. The number of rotatable bonds is 5. The zero-order chi connectivity index (χ0) is 15.4. The first-order valence-electron chi connectivity index (χ1n) is 7.86. The van der Waals surface area contributed by atoms with Crippen LogP contribution in [0.15, 0.2) is 16.6 Å². The van der Waals surface area contributed by atoms with Crippen LogP contribution >= 0.6 is 15.9 Å². The van der Waals surface area contributed by atoms with Gasteiger partial charge in [0.25, 0.3) is 0 Å². The molecule has 1 aromatic carbocycles. The quantitative estimate of drug-likeness (QED) is 0.723. The Bertz CT molecular complexity index is 478. The smallest absolute Gasteiger partial charge is 0.143 e. The molecular weight excluding hydrogens is 336 g/mol. The summed E-state index contributed by atoms with van der Waals surface area (Å²) in [7, 11) is 1.95. The molecule has 1 aromatic rings. The Morgan fingerprint density at radius 2 is 2.05 bits per heavy atom. The first-order valence-corrected chi connectivity index (χ1v) is 8.65. The minimum absolute atomic E-state index is 0.228. The molecule has 0 amide bonds. The zero-order valence-electron chi connectivity index (χ0n) is 12.8. The molecule has 3 unspecified atom stereocenters. The zero-order valence-corrected chi connectivity index (χ0v) is 14.3. The molecule has 1 aliphatic carbocycles. The molecule has 0 radical (unpaired) electrons. The Hall–Kier alpha value is -0.480. The third-order valence-electron chi connectivity index (χ3n) is 4.76. The van der Waals surface area contributed by atoms with E-state index in [9.17, 15) is 8.78 Å². The second-order valence-electron chi connectivity index (χ2n) is 6.15. The summed E-state index contributed by atoms with van der Waals surface area (Å²) >= 11 is 3.16. The Morgan fingerprint density at radius 3 is 2.71 bits per heavy atom. The first kappa shape index (κ1) is 16.9. The van der Waals surface area contributed by atoms with Gasteiger partial charge in [-0.05, 0) is 72.6 Å². The Balaban J connectivity index is 2.17. The molecule has 1 fully saturated rings. The Labute approximate surface area is 134 Å². The predicted octanol–water partition coefficient (Wildman–Crippen LogP) is 5.07. The van der Waals surface area contributed by atoms with Crippen molar-refractivity contribution in [2.75, 3.05) is 7.05 Å². The third-order valence-corrected chi connectivity index (χ3v) is 5.38. The van der Waals surface area contributed by atoms with Crippen molar-refractivity contribution in [2.45, 2.75) is 51.5 Å². The van der Waals surface area contributed by atoms with Crippen LogP contribution in [0.4, 0.5) is 8.78 Å². The lowest BCUT2D eigenvalue weighted by Gasteiger charge is -2.36. The molecule has 118 valence electrons. The van der Waals surface area contributed by atoms with Crippen LogP contribution < -0.4 is 5.32 Å². The SMILES string of the molecule is CCCC1CCC(NC)C(Cc2c(F)ccc(Br)c2F)C1. The molecule has 1 N–H and O–H groups in total. The maximum absolute atomic E-state index is 14.2. The van der Waals surface area contributed by atoms with E-state index in [-0.39, 0.29) is 5.56 Å². The van der Waals surface area contributed by atoms with Gasteiger partial charge in [-0.15, -0.1) is 0 Å². The van der Waals surface area contributed by atoms with Crippen molar-refractivity contribution in [1.29, 1.82) is 0 Å². The molecule has 1 nitrogen and oxygen atoms in total. The van der Waals surface area contributed by atoms with Crippen molar-refractivity contribution in [1.82, 2.24) is 5.32 Å². The average molecular weight is 360 g/mol. The summed E-state index contributed by atoms with van der Waals surface area (Å²) in [4.78, 5) is 0. The van der Waals surface area contributed by atoms with Crippen LogP contribution in [0.5, 0.6) is 0 Å². The highest BCUT2D eigenvalue weighted by atomic mass is 79.9. The van der Waals surface area contributed by atoms with E-state index in [4.69, 9.17) is 0 Å². The van der Waals surface area contributed by atoms with Gasteiger partial charge < -0.3 is 5.32 Å².